The fourth-order valence-corrected chi connectivity index (χ4v) is 1.23. The monoisotopic (exact) mass is 182 g/mol. The summed E-state index contributed by atoms with van der Waals surface area (Å²) >= 11 is 0. The summed E-state index contributed by atoms with van der Waals surface area (Å²) in [5.41, 5.74) is 0. The van der Waals surface area contributed by atoms with E-state index < -0.39 is 0 Å². The van der Waals surface area contributed by atoms with Gasteiger partial charge in [-0.2, -0.15) is 0 Å². The number of hydrogen-bond donors (Lipinski definition) is 1. The van der Waals surface area contributed by atoms with Gasteiger partial charge in [-0.1, -0.05) is 13.8 Å². The first-order valence-electron chi connectivity index (χ1n) is 4.89. The fourth-order valence-electron chi connectivity index (χ4n) is 1.23. The Balaban J connectivity index is 3.75. The van der Waals surface area contributed by atoms with E-state index in [0.717, 1.165) is 19.5 Å². The average Bonchev–Trinajstić information content (AvgIpc) is 2.02. The first-order chi connectivity index (χ1) is 6.07. The Labute approximate surface area is 82.7 Å². The van der Waals surface area contributed by atoms with Crippen LogP contribution in [0, 0.1) is 18.3 Å². The van der Waals surface area contributed by atoms with E-state index in [2.05, 4.69) is 44.1 Å². The van der Waals surface area contributed by atoms with Crippen LogP contribution in [0.25, 0.3) is 0 Å². The van der Waals surface area contributed by atoms with E-state index in [0.29, 0.717) is 12.0 Å². The molecule has 0 saturated carbocycles. The predicted molar refractivity (Wildman–Crippen MR) is 58.6 cm³/mol. The van der Waals surface area contributed by atoms with Crippen molar-refractivity contribution in [3.8, 4) is 12.3 Å². The van der Waals surface area contributed by atoms with Gasteiger partial charge >= 0.3 is 0 Å². The van der Waals surface area contributed by atoms with E-state index in [1.54, 1.807) is 0 Å². The summed E-state index contributed by atoms with van der Waals surface area (Å²) in [5, 5.41) is 3.47. The zero-order valence-corrected chi connectivity index (χ0v) is 9.30. The molecule has 0 aliphatic carbocycles. The van der Waals surface area contributed by atoms with Gasteiger partial charge in [-0.25, -0.2) is 0 Å². The zero-order chi connectivity index (χ0) is 10.3. The Kier molecular flexibility index (Phi) is 6.66. The van der Waals surface area contributed by atoms with E-state index >= 15 is 0 Å². The zero-order valence-electron chi connectivity index (χ0n) is 9.30. The molecule has 2 heteroatoms. The summed E-state index contributed by atoms with van der Waals surface area (Å²) in [6.45, 7) is 6.46. The third-order valence-electron chi connectivity index (χ3n) is 2.04. The third-order valence-corrected chi connectivity index (χ3v) is 2.04. The van der Waals surface area contributed by atoms with Crippen LogP contribution < -0.4 is 5.32 Å². The number of hydrogen-bond acceptors (Lipinski definition) is 2. The summed E-state index contributed by atoms with van der Waals surface area (Å²) < 4.78 is 0. The lowest BCUT2D eigenvalue weighted by Gasteiger charge is -2.25. The maximum atomic E-state index is 5.19. The first-order valence-corrected chi connectivity index (χ1v) is 4.89. The van der Waals surface area contributed by atoms with Gasteiger partial charge in [0.2, 0.25) is 0 Å². The summed E-state index contributed by atoms with van der Waals surface area (Å²) in [6, 6.07) is 0.545. The van der Waals surface area contributed by atoms with Gasteiger partial charge < -0.3 is 10.2 Å². The molecule has 0 aromatic heterocycles. The van der Waals surface area contributed by atoms with Crippen molar-refractivity contribution in [1.29, 1.82) is 0 Å². The molecule has 0 aliphatic heterocycles. The van der Waals surface area contributed by atoms with Crippen molar-refractivity contribution < 1.29 is 0 Å². The molecule has 0 aliphatic rings. The van der Waals surface area contributed by atoms with Gasteiger partial charge in [-0.3, -0.25) is 0 Å². The second-order valence-corrected chi connectivity index (χ2v) is 4.02. The Morgan fingerprint density at radius 3 is 2.38 bits per heavy atom. The third kappa shape index (κ3) is 6.62. The molecule has 1 N–H and O–H groups in total. The lowest BCUT2D eigenvalue weighted by atomic mass is 10.0. The van der Waals surface area contributed by atoms with Crippen LogP contribution in [0.5, 0.6) is 0 Å². The number of terminal acetylenes is 1. The molecule has 0 aromatic rings. The lowest BCUT2D eigenvalue weighted by molar-refractivity contribution is 0.291. The highest BCUT2D eigenvalue weighted by molar-refractivity contribution is 4.85. The minimum atomic E-state index is 0.545. The van der Waals surface area contributed by atoms with Gasteiger partial charge in [0.25, 0.3) is 0 Å². The number of nitrogens with one attached hydrogen (secondary N) is 1. The van der Waals surface area contributed by atoms with E-state index in [4.69, 9.17) is 6.42 Å². The van der Waals surface area contributed by atoms with Crippen molar-refractivity contribution in [3.05, 3.63) is 0 Å². The van der Waals surface area contributed by atoms with Crippen molar-refractivity contribution in [2.45, 2.75) is 26.3 Å². The SMILES string of the molecule is C#CCCNC(CN(C)C)C(C)C. The van der Waals surface area contributed by atoms with Crippen molar-refractivity contribution in [2.75, 3.05) is 27.2 Å². The van der Waals surface area contributed by atoms with Crippen molar-refractivity contribution >= 4 is 0 Å². The normalized spacial score (nSPS) is 13.3. The van der Waals surface area contributed by atoms with Crippen molar-refractivity contribution in [3.63, 3.8) is 0 Å². The van der Waals surface area contributed by atoms with Crippen molar-refractivity contribution in [1.82, 2.24) is 10.2 Å². The minimum absolute atomic E-state index is 0.545. The van der Waals surface area contributed by atoms with Gasteiger partial charge in [0.05, 0.1) is 0 Å². The second-order valence-electron chi connectivity index (χ2n) is 4.02. The number of nitrogens with zero attached hydrogens (tertiary/aromatic N) is 1. The van der Waals surface area contributed by atoms with Crippen LogP contribution in [0.15, 0.2) is 0 Å². The smallest absolute Gasteiger partial charge is 0.0218 e. The van der Waals surface area contributed by atoms with Crippen LogP contribution in [0.3, 0.4) is 0 Å². The minimum Gasteiger partial charge on any atom is -0.312 e. The highest BCUT2D eigenvalue weighted by Gasteiger charge is 2.12. The molecule has 0 heterocycles. The van der Waals surface area contributed by atoms with Gasteiger partial charge in [-0.05, 0) is 20.0 Å². The van der Waals surface area contributed by atoms with E-state index in [9.17, 15) is 0 Å². The first kappa shape index (κ1) is 12.5. The molecule has 1 unspecified atom stereocenters. The van der Waals surface area contributed by atoms with Gasteiger partial charge in [0, 0.05) is 25.6 Å². The molecule has 0 bridgehead atoms. The van der Waals surface area contributed by atoms with Crippen LogP contribution in [0.4, 0.5) is 0 Å². The summed E-state index contributed by atoms with van der Waals surface area (Å²) in [5.74, 6) is 3.29. The largest absolute Gasteiger partial charge is 0.312 e. The molecule has 0 radical (unpaired) electrons. The van der Waals surface area contributed by atoms with Gasteiger partial charge in [0.15, 0.2) is 0 Å². The van der Waals surface area contributed by atoms with Crippen LogP contribution in [0.2, 0.25) is 0 Å². The average molecular weight is 182 g/mol. The summed E-state index contributed by atoms with van der Waals surface area (Å²) in [7, 11) is 4.19. The van der Waals surface area contributed by atoms with Crippen LogP contribution in [-0.2, 0) is 0 Å². The van der Waals surface area contributed by atoms with Crippen LogP contribution in [-0.4, -0.2) is 38.1 Å². The Bertz CT molecular complexity index is 156. The number of rotatable bonds is 6. The second kappa shape index (κ2) is 6.94. The maximum Gasteiger partial charge on any atom is 0.0218 e. The molecule has 0 fully saturated rings. The number of likely N-dealkylation sites (N-methyl/N-ethyl adjacent to an activating group) is 1. The Morgan fingerprint density at radius 1 is 1.38 bits per heavy atom. The quantitative estimate of drug-likeness (QED) is 0.490. The maximum absolute atomic E-state index is 5.19. The van der Waals surface area contributed by atoms with E-state index in [1.165, 1.54) is 0 Å². The van der Waals surface area contributed by atoms with E-state index in [1.807, 2.05) is 0 Å². The molecule has 0 rings (SSSR count). The van der Waals surface area contributed by atoms with Crippen LogP contribution in [0.1, 0.15) is 20.3 Å². The van der Waals surface area contributed by atoms with E-state index in [-0.39, 0.29) is 0 Å². The molecule has 2 nitrogen and oxygen atoms in total. The molecule has 1 atom stereocenters. The van der Waals surface area contributed by atoms with Crippen molar-refractivity contribution in [2.24, 2.45) is 5.92 Å². The van der Waals surface area contributed by atoms with Crippen LogP contribution >= 0.6 is 0 Å². The topological polar surface area (TPSA) is 15.3 Å². The fraction of sp³-hybridized carbons (Fsp3) is 0.818. The van der Waals surface area contributed by atoms with Gasteiger partial charge in [-0.15, -0.1) is 12.3 Å². The Morgan fingerprint density at radius 2 is 2.00 bits per heavy atom. The highest BCUT2D eigenvalue weighted by atomic mass is 15.1. The molecule has 0 saturated heterocycles. The summed E-state index contributed by atoms with van der Waals surface area (Å²) in [6.07, 6.45) is 6.01. The molecule has 0 aromatic carbocycles. The molecule has 76 valence electrons. The lowest BCUT2D eigenvalue weighted by Crippen LogP contribution is -2.42. The van der Waals surface area contributed by atoms with Gasteiger partial charge in [0.1, 0.15) is 0 Å². The predicted octanol–water partition coefficient (Wildman–Crippen LogP) is 1.19. The highest BCUT2D eigenvalue weighted by Crippen LogP contribution is 2.02. The molecule has 0 spiro atoms. The molecular weight excluding hydrogens is 160 g/mol. The molecule has 0 amide bonds. The molecule has 13 heavy (non-hydrogen) atoms. The standard InChI is InChI=1S/C11H22N2/c1-6-7-8-12-11(10(2)3)9-13(4)5/h1,10-12H,7-9H2,2-5H3. The molecular formula is C11H22N2. The summed E-state index contributed by atoms with van der Waals surface area (Å²) in [4.78, 5) is 2.20. The Hall–Kier alpha value is -0.520.